The summed E-state index contributed by atoms with van der Waals surface area (Å²) in [7, 11) is 0. The molecule has 1 aromatic carbocycles. The first-order valence-corrected chi connectivity index (χ1v) is 8.68. The van der Waals surface area contributed by atoms with Gasteiger partial charge >= 0.3 is 0 Å². The molecule has 0 radical (unpaired) electrons. The molecule has 134 valence electrons. The zero-order valence-electron chi connectivity index (χ0n) is 14.1. The molecule has 1 aliphatic rings. The van der Waals surface area contributed by atoms with Crippen molar-refractivity contribution in [1.29, 1.82) is 0 Å². The van der Waals surface area contributed by atoms with Crippen molar-refractivity contribution in [3.63, 3.8) is 0 Å². The summed E-state index contributed by atoms with van der Waals surface area (Å²) in [5, 5.41) is 6.32. The van der Waals surface area contributed by atoms with Gasteiger partial charge < -0.3 is 10.1 Å². The number of hydrogen-bond donors (Lipinski definition) is 2. The van der Waals surface area contributed by atoms with E-state index in [-0.39, 0.29) is 23.9 Å². The van der Waals surface area contributed by atoms with E-state index in [1.54, 1.807) is 25.3 Å². The lowest BCUT2D eigenvalue weighted by Gasteiger charge is -2.27. The number of halogens is 1. The summed E-state index contributed by atoms with van der Waals surface area (Å²) >= 11 is 6.17. The third-order valence-corrected chi connectivity index (χ3v) is 4.84. The van der Waals surface area contributed by atoms with Crippen molar-refractivity contribution in [3.05, 3.63) is 62.7 Å². The molecule has 0 fully saturated rings. The standard InChI is InChI=1S/C18H17ClN4O3/c1-10-12(18(25)23-15(21-10)5-7-20-23)9-16(24)22-14-6-8-26-17-11(14)3-2-4-13(17)19/h2-5,7,14,20H,6,8-9H2,1H3,(H,22,24). The molecule has 1 aliphatic heterocycles. The van der Waals surface area contributed by atoms with Crippen LogP contribution in [0.5, 0.6) is 5.75 Å². The molecule has 7 nitrogen and oxygen atoms in total. The second-order valence-electron chi connectivity index (χ2n) is 6.23. The number of para-hydroxylation sites is 1. The average molecular weight is 373 g/mol. The van der Waals surface area contributed by atoms with Crippen LogP contribution in [0.1, 0.15) is 29.3 Å². The highest BCUT2D eigenvalue weighted by molar-refractivity contribution is 6.32. The molecule has 0 saturated heterocycles. The van der Waals surface area contributed by atoms with Crippen LogP contribution in [0.15, 0.2) is 35.3 Å². The fourth-order valence-electron chi connectivity index (χ4n) is 3.25. The molecule has 2 aromatic heterocycles. The molecule has 1 atom stereocenters. The van der Waals surface area contributed by atoms with Gasteiger partial charge in [0.2, 0.25) is 5.91 Å². The highest BCUT2D eigenvalue weighted by atomic mass is 35.5. The zero-order valence-corrected chi connectivity index (χ0v) is 14.8. The number of fused-ring (bicyclic) bond motifs is 2. The maximum atomic E-state index is 12.6. The second kappa shape index (κ2) is 6.49. The van der Waals surface area contributed by atoms with Crippen LogP contribution in [-0.4, -0.2) is 27.1 Å². The predicted octanol–water partition coefficient (Wildman–Crippen LogP) is 2.17. The molecule has 0 aliphatic carbocycles. The van der Waals surface area contributed by atoms with Gasteiger partial charge in [-0.2, -0.15) is 0 Å². The monoisotopic (exact) mass is 372 g/mol. The Morgan fingerprint density at radius 2 is 2.31 bits per heavy atom. The smallest absolute Gasteiger partial charge is 0.276 e. The van der Waals surface area contributed by atoms with E-state index in [9.17, 15) is 9.59 Å². The highest BCUT2D eigenvalue weighted by Crippen LogP contribution is 2.37. The molecule has 0 bridgehead atoms. The number of aromatic nitrogens is 3. The first-order valence-electron chi connectivity index (χ1n) is 8.31. The third kappa shape index (κ3) is 2.84. The number of carbonyl (C=O) groups is 1. The van der Waals surface area contributed by atoms with Crippen LogP contribution in [0, 0.1) is 6.92 Å². The van der Waals surface area contributed by atoms with Crippen molar-refractivity contribution < 1.29 is 9.53 Å². The number of benzene rings is 1. The van der Waals surface area contributed by atoms with Crippen LogP contribution in [0.3, 0.4) is 0 Å². The molecule has 1 amide bonds. The Morgan fingerprint density at radius 3 is 3.15 bits per heavy atom. The van der Waals surface area contributed by atoms with E-state index < -0.39 is 0 Å². The Bertz CT molecular complexity index is 1060. The van der Waals surface area contributed by atoms with Gasteiger partial charge in [0, 0.05) is 35.5 Å². The number of amides is 1. The Balaban J connectivity index is 1.58. The molecule has 3 aromatic rings. The molecular formula is C18H17ClN4O3. The second-order valence-corrected chi connectivity index (χ2v) is 6.64. The lowest BCUT2D eigenvalue weighted by Crippen LogP contribution is -2.35. The van der Waals surface area contributed by atoms with Crippen LogP contribution >= 0.6 is 11.6 Å². The number of rotatable bonds is 3. The van der Waals surface area contributed by atoms with Crippen LogP contribution in [0.2, 0.25) is 5.02 Å². The summed E-state index contributed by atoms with van der Waals surface area (Å²) in [6.07, 6.45) is 2.24. The van der Waals surface area contributed by atoms with E-state index in [4.69, 9.17) is 16.3 Å². The van der Waals surface area contributed by atoms with Crippen molar-refractivity contribution in [2.24, 2.45) is 0 Å². The SMILES string of the molecule is Cc1nc2cc[nH]n2c(=O)c1CC(=O)NC1CCOc2c(Cl)cccc21. The first kappa shape index (κ1) is 16.7. The molecule has 1 unspecified atom stereocenters. The van der Waals surface area contributed by atoms with Gasteiger partial charge in [0.15, 0.2) is 5.65 Å². The van der Waals surface area contributed by atoms with E-state index in [1.807, 2.05) is 12.1 Å². The summed E-state index contributed by atoms with van der Waals surface area (Å²) < 4.78 is 6.94. The highest BCUT2D eigenvalue weighted by Gasteiger charge is 2.25. The Labute approximate surface area is 153 Å². The number of aromatic amines is 1. The normalized spacial score (nSPS) is 16.2. The van der Waals surface area contributed by atoms with Crippen LogP contribution in [-0.2, 0) is 11.2 Å². The van der Waals surface area contributed by atoms with E-state index in [0.29, 0.717) is 40.7 Å². The number of aryl methyl sites for hydroxylation is 1. The van der Waals surface area contributed by atoms with E-state index >= 15 is 0 Å². The largest absolute Gasteiger partial charge is 0.492 e. The zero-order chi connectivity index (χ0) is 18.3. The van der Waals surface area contributed by atoms with E-state index in [1.165, 1.54) is 4.52 Å². The Morgan fingerprint density at radius 1 is 1.46 bits per heavy atom. The van der Waals surface area contributed by atoms with Gasteiger partial charge in [-0.3, -0.25) is 14.7 Å². The summed E-state index contributed by atoms with van der Waals surface area (Å²) in [6, 6.07) is 6.98. The predicted molar refractivity (Wildman–Crippen MR) is 96.7 cm³/mol. The molecule has 2 N–H and O–H groups in total. The van der Waals surface area contributed by atoms with Gasteiger partial charge in [0.1, 0.15) is 5.75 Å². The summed E-state index contributed by atoms with van der Waals surface area (Å²) in [5.41, 5.74) is 2.05. The summed E-state index contributed by atoms with van der Waals surface area (Å²) in [4.78, 5) is 29.5. The average Bonchev–Trinajstić information content (AvgIpc) is 3.08. The van der Waals surface area contributed by atoms with Crippen LogP contribution in [0.25, 0.3) is 5.65 Å². The molecule has 4 rings (SSSR count). The van der Waals surface area contributed by atoms with Gasteiger partial charge in [0.25, 0.3) is 5.56 Å². The van der Waals surface area contributed by atoms with Crippen molar-refractivity contribution in [1.82, 2.24) is 19.9 Å². The number of hydrogen-bond acceptors (Lipinski definition) is 4. The van der Waals surface area contributed by atoms with Crippen molar-refractivity contribution in [3.8, 4) is 5.75 Å². The minimum atomic E-state index is -0.261. The third-order valence-electron chi connectivity index (χ3n) is 4.54. The first-order chi connectivity index (χ1) is 12.5. The van der Waals surface area contributed by atoms with Crippen molar-refractivity contribution in [2.45, 2.75) is 25.8 Å². The maximum absolute atomic E-state index is 12.6. The molecule has 0 spiro atoms. The Kier molecular flexibility index (Phi) is 4.16. The van der Waals surface area contributed by atoms with Crippen LogP contribution in [0.4, 0.5) is 0 Å². The van der Waals surface area contributed by atoms with Gasteiger partial charge in [0.05, 0.1) is 24.1 Å². The minimum absolute atomic E-state index is 0.0348. The van der Waals surface area contributed by atoms with E-state index in [2.05, 4.69) is 15.4 Å². The Hall–Kier alpha value is -2.80. The molecule has 8 heteroatoms. The van der Waals surface area contributed by atoms with Crippen molar-refractivity contribution in [2.75, 3.05) is 6.61 Å². The van der Waals surface area contributed by atoms with Crippen LogP contribution < -0.4 is 15.6 Å². The summed E-state index contributed by atoms with van der Waals surface area (Å²) in [6.45, 7) is 2.21. The molecular weight excluding hydrogens is 356 g/mol. The minimum Gasteiger partial charge on any atom is -0.492 e. The molecule has 3 heterocycles. The maximum Gasteiger partial charge on any atom is 0.276 e. The lowest BCUT2D eigenvalue weighted by atomic mass is 10.00. The fourth-order valence-corrected chi connectivity index (χ4v) is 3.49. The van der Waals surface area contributed by atoms with Crippen molar-refractivity contribution >= 4 is 23.2 Å². The number of ether oxygens (including phenoxy) is 1. The van der Waals surface area contributed by atoms with Gasteiger partial charge in [-0.25, -0.2) is 9.50 Å². The number of H-pyrrole nitrogens is 1. The number of nitrogens with zero attached hydrogens (tertiary/aromatic N) is 2. The van der Waals surface area contributed by atoms with Gasteiger partial charge in [-0.15, -0.1) is 0 Å². The lowest BCUT2D eigenvalue weighted by molar-refractivity contribution is -0.121. The number of carbonyl (C=O) groups excluding carboxylic acids is 1. The quantitative estimate of drug-likeness (QED) is 0.737. The van der Waals surface area contributed by atoms with E-state index in [0.717, 1.165) is 5.56 Å². The van der Waals surface area contributed by atoms with Gasteiger partial charge in [-0.1, -0.05) is 23.7 Å². The number of nitrogens with one attached hydrogen (secondary N) is 2. The topological polar surface area (TPSA) is 88.5 Å². The van der Waals surface area contributed by atoms with Gasteiger partial charge in [-0.05, 0) is 13.0 Å². The summed E-state index contributed by atoms with van der Waals surface area (Å²) in [5.74, 6) is 0.368. The molecule has 0 saturated carbocycles. The molecule has 26 heavy (non-hydrogen) atoms. The fraction of sp³-hybridized carbons (Fsp3) is 0.278.